The monoisotopic (exact) mass is 227 g/mol. The van der Waals surface area contributed by atoms with Crippen molar-refractivity contribution in [2.24, 2.45) is 11.8 Å². The van der Waals surface area contributed by atoms with Crippen LogP contribution in [0.2, 0.25) is 0 Å². The fourth-order valence-corrected chi connectivity index (χ4v) is 3.87. The van der Waals surface area contributed by atoms with Crippen LogP contribution < -0.4 is 5.32 Å². The molecule has 1 nitrogen and oxygen atoms in total. The number of rotatable bonds is 3. The molecule has 2 aliphatic rings. The van der Waals surface area contributed by atoms with Crippen LogP contribution in [0.4, 0.5) is 0 Å². The second kappa shape index (κ2) is 6.15. The van der Waals surface area contributed by atoms with Crippen LogP contribution in [0.15, 0.2) is 0 Å². The van der Waals surface area contributed by atoms with Crippen LogP contribution in [0.25, 0.3) is 0 Å². The van der Waals surface area contributed by atoms with Crippen molar-refractivity contribution < 1.29 is 0 Å². The predicted octanol–water partition coefficient (Wildman–Crippen LogP) is 3.30. The van der Waals surface area contributed by atoms with E-state index in [2.05, 4.69) is 24.0 Å². The summed E-state index contributed by atoms with van der Waals surface area (Å²) in [5.41, 5.74) is 0. The molecule has 0 atom stereocenters. The van der Waals surface area contributed by atoms with Gasteiger partial charge in [-0.25, -0.2) is 0 Å². The molecule has 15 heavy (non-hydrogen) atoms. The highest BCUT2D eigenvalue weighted by atomic mass is 32.2. The van der Waals surface area contributed by atoms with Crippen LogP contribution in [0.3, 0.4) is 0 Å². The lowest BCUT2D eigenvalue weighted by Gasteiger charge is -2.29. The summed E-state index contributed by atoms with van der Waals surface area (Å²) >= 11 is 2.12. The fraction of sp³-hybridized carbons (Fsp3) is 1.00. The minimum absolute atomic E-state index is 0.839. The van der Waals surface area contributed by atoms with Gasteiger partial charge in [-0.15, -0.1) is 0 Å². The lowest BCUT2D eigenvalue weighted by molar-refractivity contribution is 0.271. The molecule has 0 spiro atoms. The predicted molar refractivity (Wildman–Crippen MR) is 69.5 cm³/mol. The number of hydrogen-bond acceptors (Lipinski definition) is 2. The molecule has 0 unspecified atom stereocenters. The third kappa shape index (κ3) is 3.99. The molecule has 0 amide bonds. The maximum Gasteiger partial charge on any atom is 0.00828 e. The molecule has 1 N–H and O–H groups in total. The van der Waals surface area contributed by atoms with Gasteiger partial charge in [0.15, 0.2) is 0 Å². The van der Waals surface area contributed by atoms with Gasteiger partial charge in [-0.3, -0.25) is 0 Å². The SMILES string of the molecule is CC1CCC(CNC2CCSCC2)CC1. The van der Waals surface area contributed by atoms with Crippen LogP contribution in [0.5, 0.6) is 0 Å². The summed E-state index contributed by atoms with van der Waals surface area (Å²) in [4.78, 5) is 0. The van der Waals surface area contributed by atoms with E-state index in [0.29, 0.717) is 0 Å². The van der Waals surface area contributed by atoms with Gasteiger partial charge in [0.2, 0.25) is 0 Å². The van der Waals surface area contributed by atoms with Crippen molar-refractivity contribution in [2.75, 3.05) is 18.1 Å². The van der Waals surface area contributed by atoms with E-state index in [4.69, 9.17) is 0 Å². The van der Waals surface area contributed by atoms with Crippen LogP contribution in [-0.4, -0.2) is 24.1 Å². The molecular weight excluding hydrogens is 202 g/mol. The van der Waals surface area contributed by atoms with Crippen molar-refractivity contribution in [3.63, 3.8) is 0 Å². The van der Waals surface area contributed by atoms with Crippen LogP contribution in [-0.2, 0) is 0 Å². The summed E-state index contributed by atoms with van der Waals surface area (Å²) in [6.07, 6.45) is 8.66. The second-order valence-electron chi connectivity index (χ2n) is 5.42. The summed E-state index contributed by atoms with van der Waals surface area (Å²) in [5, 5.41) is 3.79. The molecule has 1 aliphatic carbocycles. The van der Waals surface area contributed by atoms with E-state index in [0.717, 1.165) is 17.9 Å². The molecule has 0 radical (unpaired) electrons. The van der Waals surface area contributed by atoms with Crippen molar-refractivity contribution >= 4 is 11.8 Å². The first kappa shape index (κ1) is 11.8. The summed E-state index contributed by atoms with van der Waals surface area (Å²) in [5.74, 6) is 4.72. The van der Waals surface area contributed by atoms with Gasteiger partial charge in [-0.2, -0.15) is 11.8 Å². The molecule has 0 aromatic rings. The Balaban J connectivity index is 1.60. The van der Waals surface area contributed by atoms with Gasteiger partial charge < -0.3 is 5.32 Å². The van der Waals surface area contributed by atoms with Crippen molar-refractivity contribution in [1.82, 2.24) is 5.32 Å². The molecule has 2 heteroatoms. The van der Waals surface area contributed by atoms with Crippen molar-refractivity contribution in [1.29, 1.82) is 0 Å². The molecule has 0 bridgehead atoms. The molecule has 88 valence electrons. The van der Waals surface area contributed by atoms with Crippen molar-refractivity contribution in [2.45, 2.75) is 51.5 Å². The van der Waals surface area contributed by atoms with Gasteiger partial charge in [0.05, 0.1) is 0 Å². The van der Waals surface area contributed by atoms with Crippen LogP contribution in [0.1, 0.15) is 45.4 Å². The number of thioether (sulfide) groups is 1. The lowest BCUT2D eigenvalue weighted by Crippen LogP contribution is -2.36. The Morgan fingerprint density at radius 3 is 2.33 bits per heavy atom. The van der Waals surface area contributed by atoms with Crippen molar-refractivity contribution in [3.8, 4) is 0 Å². The van der Waals surface area contributed by atoms with Crippen molar-refractivity contribution in [3.05, 3.63) is 0 Å². The first-order chi connectivity index (χ1) is 7.34. The van der Waals surface area contributed by atoms with Gasteiger partial charge >= 0.3 is 0 Å². The zero-order valence-electron chi connectivity index (χ0n) is 10.0. The average molecular weight is 227 g/mol. The minimum atomic E-state index is 0.839. The zero-order chi connectivity index (χ0) is 10.5. The van der Waals surface area contributed by atoms with E-state index in [1.54, 1.807) is 0 Å². The van der Waals surface area contributed by atoms with E-state index in [-0.39, 0.29) is 0 Å². The normalized spacial score (nSPS) is 34.2. The molecule has 2 fully saturated rings. The summed E-state index contributed by atoms with van der Waals surface area (Å²) in [6, 6.07) is 0.839. The Morgan fingerprint density at radius 2 is 1.67 bits per heavy atom. The van der Waals surface area contributed by atoms with Gasteiger partial charge in [-0.05, 0) is 55.6 Å². The Morgan fingerprint density at radius 1 is 1.00 bits per heavy atom. The van der Waals surface area contributed by atoms with Crippen LogP contribution in [0, 0.1) is 11.8 Å². The van der Waals surface area contributed by atoms with Crippen LogP contribution >= 0.6 is 11.8 Å². The van der Waals surface area contributed by atoms with E-state index in [9.17, 15) is 0 Å². The Hall–Kier alpha value is 0.310. The van der Waals surface area contributed by atoms with Gasteiger partial charge in [0, 0.05) is 6.04 Å². The Bertz CT molecular complexity index is 169. The second-order valence-corrected chi connectivity index (χ2v) is 6.65. The highest BCUT2D eigenvalue weighted by molar-refractivity contribution is 7.99. The molecule has 1 aliphatic heterocycles. The maximum atomic E-state index is 3.79. The van der Waals surface area contributed by atoms with Gasteiger partial charge in [0.1, 0.15) is 0 Å². The molecule has 0 aromatic carbocycles. The highest BCUT2D eigenvalue weighted by Crippen LogP contribution is 2.28. The summed E-state index contributed by atoms with van der Waals surface area (Å²) in [7, 11) is 0. The molecule has 1 saturated carbocycles. The zero-order valence-corrected chi connectivity index (χ0v) is 10.8. The summed E-state index contributed by atoms with van der Waals surface area (Å²) < 4.78 is 0. The molecule has 1 saturated heterocycles. The van der Waals surface area contributed by atoms with E-state index < -0.39 is 0 Å². The third-order valence-electron chi connectivity index (χ3n) is 4.05. The Kier molecular flexibility index (Phi) is 4.83. The molecule has 0 aromatic heterocycles. The standard InChI is InChI=1S/C13H25NS/c1-11-2-4-12(5-3-11)10-14-13-6-8-15-9-7-13/h11-14H,2-10H2,1H3. The van der Waals surface area contributed by atoms with E-state index >= 15 is 0 Å². The molecule has 1 heterocycles. The number of nitrogens with one attached hydrogen (secondary N) is 1. The topological polar surface area (TPSA) is 12.0 Å². The number of hydrogen-bond donors (Lipinski definition) is 1. The lowest BCUT2D eigenvalue weighted by atomic mass is 9.83. The maximum absolute atomic E-state index is 3.79. The largest absolute Gasteiger partial charge is 0.314 e. The average Bonchev–Trinajstić information content (AvgIpc) is 2.30. The smallest absolute Gasteiger partial charge is 0.00828 e. The fourth-order valence-electron chi connectivity index (χ4n) is 2.77. The molecular formula is C13H25NS. The minimum Gasteiger partial charge on any atom is -0.314 e. The van der Waals surface area contributed by atoms with E-state index in [1.165, 1.54) is 56.6 Å². The third-order valence-corrected chi connectivity index (χ3v) is 5.10. The first-order valence-corrected chi connectivity index (χ1v) is 7.81. The van der Waals surface area contributed by atoms with E-state index in [1.807, 2.05) is 0 Å². The molecule has 2 rings (SSSR count). The van der Waals surface area contributed by atoms with Gasteiger partial charge in [-0.1, -0.05) is 19.8 Å². The first-order valence-electron chi connectivity index (χ1n) is 6.65. The quantitative estimate of drug-likeness (QED) is 0.794. The highest BCUT2D eigenvalue weighted by Gasteiger charge is 2.19. The Labute approximate surface area is 98.8 Å². The summed E-state index contributed by atoms with van der Waals surface area (Å²) in [6.45, 7) is 3.70. The van der Waals surface area contributed by atoms with Gasteiger partial charge in [0.25, 0.3) is 0 Å².